The number of hydrogen-bond acceptors (Lipinski definition) is 6. The quantitative estimate of drug-likeness (QED) is 0.368. The Kier molecular flexibility index (Phi) is 7.67. The van der Waals surface area contributed by atoms with Crippen LogP contribution < -0.4 is 0 Å². The molecule has 7 heteroatoms. The third kappa shape index (κ3) is 4.86. The molecular weight excluding hydrogens is 434 g/mol. The van der Waals surface area contributed by atoms with Gasteiger partial charge in [0.25, 0.3) is 0 Å². The fourth-order valence-corrected chi connectivity index (χ4v) is 5.53. The molecule has 0 spiro atoms. The molecule has 0 aromatic carbocycles. The standard InChI is InChI=1S/C25H29N3O2S.CH4O/c1-7-17-19(8-2)31-24-23(17)22(16-9-10-20-26-11-12-28(20)13-16)21(15(3)27-24)18(14-29)30-25(4,5)6;1-2/h9-14,18H,7-8H2,1-6H3;2H,1H3. The van der Waals surface area contributed by atoms with E-state index in [-0.39, 0.29) is 0 Å². The minimum Gasteiger partial charge on any atom is -0.400 e. The van der Waals surface area contributed by atoms with Crippen LogP contribution in [0.3, 0.4) is 0 Å². The number of fused-ring (bicyclic) bond motifs is 2. The first-order valence-corrected chi connectivity index (χ1v) is 12.0. The molecule has 0 fully saturated rings. The molecule has 0 aliphatic carbocycles. The molecule has 0 saturated heterocycles. The fraction of sp³-hybridized carbons (Fsp3) is 0.423. The van der Waals surface area contributed by atoms with Gasteiger partial charge in [0.05, 0.1) is 5.60 Å². The van der Waals surface area contributed by atoms with Crippen LogP contribution in [-0.4, -0.2) is 38.5 Å². The second kappa shape index (κ2) is 10.1. The second-order valence-corrected chi connectivity index (χ2v) is 9.86. The maximum atomic E-state index is 12.3. The van der Waals surface area contributed by atoms with Crippen molar-refractivity contribution in [3.05, 3.63) is 52.4 Å². The summed E-state index contributed by atoms with van der Waals surface area (Å²) < 4.78 is 8.23. The van der Waals surface area contributed by atoms with E-state index in [1.54, 1.807) is 17.5 Å². The number of imidazole rings is 1. The molecule has 176 valence electrons. The van der Waals surface area contributed by atoms with Gasteiger partial charge in [-0.2, -0.15) is 0 Å². The largest absolute Gasteiger partial charge is 0.400 e. The summed E-state index contributed by atoms with van der Waals surface area (Å²) in [5.41, 5.74) is 5.52. The predicted molar refractivity (Wildman–Crippen MR) is 135 cm³/mol. The van der Waals surface area contributed by atoms with Crippen molar-refractivity contribution in [2.45, 2.75) is 66.1 Å². The lowest BCUT2D eigenvalue weighted by Crippen LogP contribution is -2.24. The number of aldehydes is 1. The average molecular weight is 468 g/mol. The van der Waals surface area contributed by atoms with Crippen LogP contribution in [0.2, 0.25) is 0 Å². The Morgan fingerprint density at radius 1 is 1.21 bits per heavy atom. The smallest absolute Gasteiger partial charge is 0.153 e. The number of thiophene rings is 1. The summed E-state index contributed by atoms with van der Waals surface area (Å²) >= 11 is 1.76. The molecule has 4 rings (SSSR count). The van der Waals surface area contributed by atoms with E-state index >= 15 is 0 Å². The van der Waals surface area contributed by atoms with Crippen molar-refractivity contribution in [1.82, 2.24) is 14.4 Å². The summed E-state index contributed by atoms with van der Waals surface area (Å²) in [5.74, 6) is 0. The van der Waals surface area contributed by atoms with Gasteiger partial charge in [0.15, 0.2) is 6.29 Å². The minimum atomic E-state index is -0.694. The lowest BCUT2D eigenvalue weighted by molar-refractivity contribution is -0.128. The number of hydrogen-bond donors (Lipinski definition) is 1. The molecule has 0 aliphatic heterocycles. The molecule has 33 heavy (non-hydrogen) atoms. The number of carbonyl (C=O) groups excluding carboxylic acids is 1. The number of aliphatic hydroxyl groups excluding tert-OH is 1. The van der Waals surface area contributed by atoms with Crippen molar-refractivity contribution >= 4 is 33.5 Å². The number of carbonyl (C=O) groups is 1. The molecule has 1 unspecified atom stereocenters. The van der Waals surface area contributed by atoms with Crippen LogP contribution in [0, 0.1) is 6.92 Å². The van der Waals surface area contributed by atoms with Gasteiger partial charge in [0.1, 0.15) is 16.6 Å². The summed E-state index contributed by atoms with van der Waals surface area (Å²) in [4.78, 5) is 24.0. The Morgan fingerprint density at radius 2 is 1.94 bits per heavy atom. The van der Waals surface area contributed by atoms with Gasteiger partial charge in [-0.1, -0.05) is 13.8 Å². The molecular formula is C26H33N3O3S. The molecule has 1 atom stereocenters. The first-order valence-electron chi connectivity index (χ1n) is 11.2. The number of pyridine rings is 2. The summed E-state index contributed by atoms with van der Waals surface area (Å²) in [7, 11) is 1.00. The summed E-state index contributed by atoms with van der Waals surface area (Å²) in [6.07, 6.45) is 7.91. The van der Waals surface area contributed by atoms with E-state index in [9.17, 15) is 4.79 Å². The lowest BCUT2D eigenvalue weighted by atomic mass is 9.91. The molecule has 6 nitrogen and oxygen atoms in total. The van der Waals surface area contributed by atoms with Crippen LogP contribution in [0.1, 0.15) is 62.4 Å². The Labute approximate surface area is 199 Å². The number of aromatic nitrogens is 3. The highest BCUT2D eigenvalue weighted by atomic mass is 32.1. The van der Waals surface area contributed by atoms with Crippen molar-refractivity contribution in [2.75, 3.05) is 7.11 Å². The first kappa shape index (κ1) is 25.0. The second-order valence-electron chi connectivity index (χ2n) is 8.77. The molecule has 0 radical (unpaired) electrons. The van der Waals surface area contributed by atoms with E-state index in [1.807, 2.05) is 44.4 Å². The van der Waals surface area contributed by atoms with Crippen LogP contribution >= 0.6 is 11.3 Å². The van der Waals surface area contributed by atoms with Gasteiger partial charge in [0.2, 0.25) is 0 Å². The Bertz CT molecular complexity index is 1270. The van der Waals surface area contributed by atoms with Crippen molar-refractivity contribution in [3.63, 3.8) is 0 Å². The fourth-order valence-electron chi connectivity index (χ4n) is 4.27. The number of aryl methyl sites for hydroxylation is 3. The predicted octanol–water partition coefficient (Wildman–Crippen LogP) is 5.71. The maximum absolute atomic E-state index is 12.3. The van der Waals surface area contributed by atoms with E-state index in [2.05, 4.69) is 31.1 Å². The molecule has 0 saturated carbocycles. The summed E-state index contributed by atoms with van der Waals surface area (Å²) in [6.45, 7) is 12.3. The minimum absolute atomic E-state index is 0.463. The Hall–Kier alpha value is -2.61. The van der Waals surface area contributed by atoms with Gasteiger partial charge < -0.3 is 19.0 Å². The van der Waals surface area contributed by atoms with Crippen molar-refractivity contribution < 1.29 is 14.6 Å². The monoisotopic (exact) mass is 467 g/mol. The van der Waals surface area contributed by atoms with Gasteiger partial charge in [0, 0.05) is 52.8 Å². The third-order valence-electron chi connectivity index (χ3n) is 5.49. The zero-order chi connectivity index (χ0) is 24.3. The molecule has 4 aromatic heterocycles. The van der Waals surface area contributed by atoms with Crippen LogP contribution in [-0.2, 0) is 22.4 Å². The first-order chi connectivity index (χ1) is 15.8. The Balaban J connectivity index is 0.00000149. The lowest BCUT2D eigenvalue weighted by Gasteiger charge is -2.27. The van der Waals surface area contributed by atoms with Crippen molar-refractivity contribution in [3.8, 4) is 11.1 Å². The van der Waals surface area contributed by atoms with Gasteiger partial charge in [-0.25, -0.2) is 9.97 Å². The summed E-state index contributed by atoms with van der Waals surface area (Å²) in [5, 5.41) is 8.15. The van der Waals surface area contributed by atoms with Crippen LogP contribution in [0.5, 0.6) is 0 Å². The van der Waals surface area contributed by atoms with E-state index < -0.39 is 11.7 Å². The molecule has 0 amide bonds. The van der Waals surface area contributed by atoms with Crippen molar-refractivity contribution in [2.24, 2.45) is 0 Å². The topological polar surface area (TPSA) is 76.7 Å². The van der Waals surface area contributed by atoms with Gasteiger partial charge in [-0.15, -0.1) is 11.3 Å². The Morgan fingerprint density at radius 3 is 2.55 bits per heavy atom. The van der Waals surface area contributed by atoms with Gasteiger partial charge in [-0.3, -0.25) is 0 Å². The zero-order valence-electron chi connectivity index (χ0n) is 20.5. The highest BCUT2D eigenvalue weighted by molar-refractivity contribution is 7.19. The molecule has 4 heterocycles. The number of aliphatic hydroxyl groups is 1. The van der Waals surface area contributed by atoms with Crippen LogP contribution in [0.15, 0.2) is 30.7 Å². The van der Waals surface area contributed by atoms with E-state index in [0.29, 0.717) is 0 Å². The van der Waals surface area contributed by atoms with Gasteiger partial charge >= 0.3 is 0 Å². The van der Waals surface area contributed by atoms with Crippen LogP contribution in [0.4, 0.5) is 0 Å². The molecule has 1 N–H and O–H groups in total. The number of nitrogens with zero attached hydrogens (tertiary/aromatic N) is 3. The zero-order valence-corrected chi connectivity index (χ0v) is 21.3. The highest BCUT2D eigenvalue weighted by Crippen LogP contribution is 2.43. The highest BCUT2D eigenvalue weighted by Gasteiger charge is 2.29. The number of rotatable bonds is 6. The number of ether oxygens (including phenoxy) is 1. The third-order valence-corrected chi connectivity index (χ3v) is 6.76. The molecule has 0 bridgehead atoms. The summed E-state index contributed by atoms with van der Waals surface area (Å²) in [6, 6.07) is 4.10. The van der Waals surface area contributed by atoms with Crippen LogP contribution in [0.25, 0.3) is 27.0 Å². The maximum Gasteiger partial charge on any atom is 0.153 e. The van der Waals surface area contributed by atoms with E-state index in [4.69, 9.17) is 14.8 Å². The van der Waals surface area contributed by atoms with Gasteiger partial charge in [-0.05, 0) is 63.8 Å². The normalized spacial score (nSPS) is 12.6. The van der Waals surface area contributed by atoms with E-state index in [1.165, 1.54) is 10.4 Å². The SMILES string of the molecule is CCc1sc2nc(C)c(C(C=O)OC(C)(C)C)c(-c3ccc4nccn4c3)c2c1CC.CO. The van der Waals surface area contributed by atoms with Crippen molar-refractivity contribution in [1.29, 1.82) is 0 Å². The average Bonchev–Trinajstić information content (AvgIpc) is 3.40. The van der Waals surface area contributed by atoms with E-state index in [0.717, 1.165) is 64.5 Å². The molecule has 0 aliphatic rings. The molecule has 4 aromatic rings.